The summed E-state index contributed by atoms with van der Waals surface area (Å²) >= 11 is 0. The minimum absolute atomic E-state index is 0.0928. The van der Waals surface area contributed by atoms with Crippen molar-refractivity contribution in [1.82, 2.24) is 10.3 Å². The van der Waals surface area contributed by atoms with Gasteiger partial charge >= 0.3 is 0 Å². The Kier molecular flexibility index (Phi) is 3.76. The van der Waals surface area contributed by atoms with Crippen LogP contribution in [0.15, 0.2) is 12.3 Å². The first kappa shape index (κ1) is 13.2. The number of carbonyl (C=O) groups is 1. The van der Waals surface area contributed by atoms with Gasteiger partial charge < -0.3 is 16.0 Å². The van der Waals surface area contributed by atoms with E-state index < -0.39 is 0 Å². The predicted octanol–water partition coefficient (Wildman–Crippen LogP) is 1.79. The summed E-state index contributed by atoms with van der Waals surface area (Å²) in [6.07, 6.45) is 7.62. The Balaban J connectivity index is 1.80. The first-order chi connectivity index (χ1) is 9.75. The van der Waals surface area contributed by atoms with Crippen LogP contribution >= 0.6 is 0 Å². The Bertz CT molecular complexity index is 493. The first-order valence-electron chi connectivity index (χ1n) is 7.53. The van der Waals surface area contributed by atoms with Crippen LogP contribution in [0.4, 0.5) is 11.4 Å². The van der Waals surface area contributed by atoms with E-state index in [-0.39, 0.29) is 5.91 Å². The molecule has 20 heavy (non-hydrogen) atoms. The largest absolute Gasteiger partial charge is 0.397 e. The van der Waals surface area contributed by atoms with Crippen molar-refractivity contribution in [3.8, 4) is 0 Å². The molecule has 0 atom stereocenters. The number of pyridine rings is 1. The van der Waals surface area contributed by atoms with Gasteiger partial charge in [0, 0.05) is 25.8 Å². The van der Waals surface area contributed by atoms with Gasteiger partial charge in [-0.25, -0.2) is 4.98 Å². The SMILES string of the molecule is Nc1ccnc(C(=O)NCC2CC2)c1N1CCCCC1. The zero-order valence-corrected chi connectivity index (χ0v) is 11.8. The van der Waals surface area contributed by atoms with Crippen LogP contribution in [0, 0.1) is 5.92 Å². The molecule has 0 bridgehead atoms. The molecule has 1 aromatic heterocycles. The van der Waals surface area contributed by atoms with Gasteiger partial charge in [0.2, 0.25) is 0 Å². The van der Waals surface area contributed by atoms with Crippen molar-refractivity contribution in [3.63, 3.8) is 0 Å². The highest BCUT2D eigenvalue weighted by Gasteiger charge is 2.25. The van der Waals surface area contributed by atoms with Gasteiger partial charge in [-0.15, -0.1) is 0 Å². The van der Waals surface area contributed by atoms with Gasteiger partial charge in [-0.05, 0) is 44.1 Å². The van der Waals surface area contributed by atoms with Crippen molar-refractivity contribution in [2.45, 2.75) is 32.1 Å². The summed E-state index contributed by atoms with van der Waals surface area (Å²) in [5.41, 5.74) is 8.05. The Hall–Kier alpha value is -1.78. The average molecular weight is 274 g/mol. The van der Waals surface area contributed by atoms with Crippen LogP contribution in [0.5, 0.6) is 0 Å². The van der Waals surface area contributed by atoms with Crippen molar-refractivity contribution in [2.75, 3.05) is 30.3 Å². The third-order valence-electron chi connectivity index (χ3n) is 4.09. The van der Waals surface area contributed by atoms with Crippen LogP contribution in [0.1, 0.15) is 42.6 Å². The quantitative estimate of drug-likeness (QED) is 0.878. The number of aromatic nitrogens is 1. The number of nitrogens with one attached hydrogen (secondary N) is 1. The summed E-state index contributed by atoms with van der Waals surface area (Å²) in [5, 5.41) is 2.98. The molecular formula is C15H22N4O. The van der Waals surface area contributed by atoms with E-state index in [9.17, 15) is 4.79 Å². The van der Waals surface area contributed by atoms with Gasteiger partial charge in [0.15, 0.2) is 5.69 Å². The van der Waals surface area contributed by atoms with E-state index >= 15 is 0 Å². The Morgan fingerprint density at radius 3 is 2.80 bits per heavy atom. The molecule has 1 saturated carbocycles. The summed E-state index contributed by atoms with van der Waals surface area (Å²) in [6, 6.07) is 1.78. The summed E-state index contributed by atoms with van der Waals surface area (Å²) in [5.74, 6) is 0.572. The maximum atomic E-state index is 12.3. The molecule has 0 aromatic carbocycles. The van der Waals surface area contributed by atoms with Gasteiger partial charge in [-0.1, -0.05) is 0 Å². The molecule has 2 aliphatic rings. The number of hydrogen-bond acceptors (Lipinski definition) is 4. The van der Waals surface area contributed by atoms with Gasteiger partial charge in [0.05, 0.1) is 11.4 Å². The molecule has 0 radical (unpaired) electrons. The topological polar surface area (TPSA) is 71.2 Å². The highest BCUT2D eigenvalue weighted by Crippen LogP contribution is 2.30. The molecule has 1 aromatic rings. The second-order valence-corrected chi connectivity index (χ2v) is 5.80. The lowest BCUT2D eigenvalue weighted by atomic mass is 10.1. The summed E-state index contributed by atoms with van der Waals surface area (Å²) in [7, 11) is 0. The highest BCUT2D eigenvalue weighted by molar-refractivity contribution is 6.00. The number of hydrogen-bond donors (Lipinski definition) is 2. The van der Waals surface area contributed by atoms with Crippen LogP contribution in [-0.2, 0) is 0 Å². The predicted molar refractivity (Wildman–Crippen MR) is 79.8 cm³/mol. The lowest BCUT2D eigenvalue weighted by molar-refractivity contribution is 0.0947. The van der Waals surface area contributed by atoms with Crippen molar-refractivity contribution in [1.29, 1.82) is 0 Å². The second-order valence-electron chi connectivity index (χ2n) is 5.80. The number of anilines is 2. The van der Waals surface area contributed by atoms with Crippen LogP contribution in [-0.4, -0.2) is 30.5 Å². The fourth-order valence-corrected chi connectivity index (χ4v) is 2.73. The normalized spacial score (nSPS) is 18.9. The number of piperidine rings is 1. The van der Waals surface area contributed by atoms with E-state index in [1.807, 2.05) is 0 Å². The van der Waals surface area contributed by atoms with Crippen LogP contribution in [0.25, 0.3) is 0 Å². The van der Waals surface area contributed by atoms with Crippen molar-refractivity contribution in [3.05, 3.63) is 18.0 Å². The lowest BCUT2D eigenvalue weighted by Gasteiger charge is -2.30. The molecule has 1 saturated heterocycles. The molecule has 5 heteroatoms. The number of nitrogens with zero attached hydrogens (tertiary/aromatic N) is 2. The molecule has 0 unspecified atom stereocenters. The lowest BCUT2D eigenvalue weighted by Crippen LogP contribution is -2.34. The number of carbonyl (C=O) groups excluding carboxylic acids is 1. The molecular weight excluding hydrogens is 252 g/mol. The molecule has 3 N–H and O–H groups in total. The second kappa shape index (κ2) is 5.69. The molecule has 1 amide bonds. The van der Waals surface area contributed by atoms with Gasteiger partial charge in [0.25, 0.3) is 5.91 Å². The Morgan fingerprint density at radius 2 is 2.10 bits per heavy atom. The van der Waals surface area contributed by atoms with E-state index in [0.29, 0.717) is 17.3 Å². The first-order valence-corrected chi connectivity index (χ1v) is 7.53. The van der Waals surface area contributed by atoms with Crippen molar-refractivity contribution < 1.29 is 4.79 Å². The third-order valence-corrected chi connectivity index (χ3v) is 4.09. The fourth-order valence-electron chi connectivity index (χ4n) is 2.73. The summed E-state index contributed by atoms with van der Waals surface area (Å²) in [6.45, 7) is 2.67. The number of rotatable bonds is 4. The van der Waals surface area contributed by atoms with Gasteiger partial charge in [0.1, 0.15) is 0 Å². The number of nitrogens with two attached hydrogens (primary N) is 1. The standard InChI is InChI=1S/C15H22N4O/c16-12-6-7-17-13(15(20)18-10-11-4-5-11)14(12)19-8-2-1-3-9-19/h6-7,11H,1-5,8-10H2,(H2,16,17)(H,18,20). The summed E-state index contributed by atoms with van der Waals surface area (Å²) in [4.78, 5) is 18.8. The maximum absolute atomic E-state index is 12.3. The summed E-state index contributed by atoms with van der Waals surface area (Å²) < 4.78 is 0. The minimum Gasteiger partial charge on any atom is -0.397 e. The van der Waals surface area contributed by atoms with E-state index in [4.69, 9.17) is 5.73 Å². The highest BCUT2D eigenvalue weighted by atomic mass is 16.1. The average Bonchev–Trinajstić information content (AvgIpc) is 3.29. The van der Waals surface area contributed by atoms with Gasteiger partial charge in [-0.3, -0.25) is 4.79 Å². The molecule has 5 nitrogen and oxygen atoms in total. The van der Waals surface area contributed by atoms with Crippen LogP contribution in [0.2, 0.25) is 0 Å². The third kappa shape index (κ3) is 2.86. The van der Waals surface area contributed by atoms with E-state index in [0.717, 1.165) is 38.2 Å². The zero-order valence-electron chi connectivity index (χ0n) is 11.8. The van der Waals surface area contributed by atoms with E-state index in [1.165, 1.54) is 19.3 Å². The molecule has 1 aliphatic carbocycles. The smallest absolute Gasteiger partial charge is 0.272 e. The van der Waals surface area contributed by atoms with Crippen molar-refractivity contribution >= 4 is 17.3 Å². The fraction of sp³-hybridized carbons (Fsp3) is 0.600. The molecule has 0 spiro atoms. The van der Waals surface area contributed by atoms with E-state index in [2.05, 4.69) is 15.2 Å². The minimum atomic E-state index is -0.0928. The van der Waals surface area contributed by atoms with Gasteiger partial charge in [-0.2, -0.15) is 0 Å². The monoisotopic (exact) mass is 274 g/mol. The molecule has 108 valence electrons. The van der Waals surface area contributed by atoms with Crippen LogP contribution < -0.4 is 16.0 Å². The molecule has 1 aliphatic heterocycles. The maximum Gasteiger partial charge on any atom is 0.272 e. The van der Waals surface area contributed by atoms with E-state index in [1.54, 1.807) is 12.3 Å². The molecule has 3 rings (SSSR count). The molecule has 2 heterocycles. The zero-order chi connectivity index (χ0) is 13.9. The molecule has 2 fully saturated rings. The van der Waals surface area contributed by atoms with Crippen LogP contribution in [0.3, 0.4) is 0 Å². The number of amides is 1. The Morgan fingerprint density at radius 1 is 1.35 bits per heavy atom. The number of nitrogen functional groups attached to an aromatic ring is 1. The Labute approximate surface area is 119 Å². The van der Waals surface area contributed by atoms with Crippen molar-refractivity contribution in [2.24, 2.45) is 5.92 Å².